The SMILES string of the molecule is CC/C=C\C/C=C\C/C=C\C/C=C\C/C=C\C/C=C\CCC(=O)NC(COC1OC(CO)C(OC2OC(CO)C(OC3OC(CO)C(O)C(O)C3O)C(O)C2O)C(O)C1O)C(O)/C=C/CCCCCCCCCCCCCC. The predicted octanol–water partition coefficient (Wildman–Crippen LogP) is 4.42. The van der Waals surface area contributed by atoms with E-state index in [1.807, 2.05) is 18.2 Å². The molecule has 12 N–H and O–H groups in total. The first-order valence-electron chi connectivity index (χ1n) is 28.8. The van der Waals surface area contributed by atoms with Crippen molar-refractivity contribution in [2.45, 2.75) is 253 Å². The van der Waals surface area contributed by atoms with Crippen molar-refractivity contribution in [3.8, 4) is 0 Å². The molecular weight excluding hydrogens is 1010 g/mol. The maximum absolute atomic E-state index is 13.3. The van der Waals surface area contributed by atoms with Gasteiger partial charge in [0.05, 0.1) is 38.6 Å². The Morgan fingerprint density at radius 3 is 1.36 bits per heavy atom. The van der Waals surface area contributed by atoms with Crippen molar-refractivity contribution < 1.29 is 89.4 Å². The lowest BCUT2D eigenvalue weighted by Gasteiger charge is -2.48. The number of allylic oxidation sites excluding steroid dienone is 13. The van der Waals surface area contributed by atoms with Crippen molar-refractivity contribution >= 4 is 5.91 Å². The van der Waals surface area contributed by atoms with Crippen molar-refractivity contribution in [1.82, 2.24) is 5.32 Å². The molecule has 17 atom stereocenters. The molecule has 0 aromatic rings. The van der Waals surface area contributed by atoms with Gasteiger partial charge >= 0.3 is 0 Å². The Morgan fingerprint density at radius 1 is 0.474 bits per heavy atom. The number of ether oxygens (including phenoxy) is 6. The van der Waals surface area contributed by atoms with E-state index < -0.39 is 131 Å². The van der Waals surface area contributed by atoms with Crippen molar-refractivity contribution in [2.24, 2.45) is 0 Å². The molecule has 3 saturated heterocycles. The van der Waals surface area contributed by atoms with Crippen LogP contribution in [0.1, 0.15) is 149 Å². The summed E-state index contributed by atoms with van der Waals surface area (Å²) in [6.45, 7) is 1.52. The first-order valence-corrected chi connectivity index (χ1v) is 28.8. The van der Waals surface area contributed by atoms with Crippen LogP contribution in [-0.2, 0) is 33.2 Å². The lowest BCUT2D eigenvalue weighted by Crippen LogP contribution is -2.66. The van der Waals surface area contributed by atoms with Crippen LogP contribution >= 0.6 is 0 Å². The molecule has 0 aromatic carbocycles. The molecule has 19 nitrogen and oxygen atoms in total. The summed E-state index contributed by atoms with van der Waals surface area (Å²) in [5.74, 6) is -0.362. The smallest absolute Gasteiger partial charge is 0.220 e. The van der Waals surface area contributed by atoms with E-state index in [1.165, 1.54) is 57.8 Å². The lowest BCUT2D eigenvalue weighted by atomic mass is 9.96. The first-order chi connectivity index (χ1) is 37.8. The number of unbranched alkanes of at least 4 members (excludes halogenated alkanes) is 12. The van der Waals surface area contributed by atoms with Gasteiger partial charge in [0, 0.05) is 6.42 Å². The van der Waals surface area contributed by atoms with E-state index in [0.29, 0.717) is 12.8 Å². The fourth-order valence-electron chi connectivity index (χ4n) is 9.21. The third-order valence-corrected chi connectivity index (χ3v) is 14.0. The summed E-state index contributed by atoms with van der Waals surface area (Å²) in [6, 6.07) is -1.02. The third kappa shape index (κ3) is 25.8. The van der Waals surface area contributed by atoms with Gasteiger partial charge in [-0.1, -0.05) is 170 Å². The van der Waals surface area contributed by atoms with Crippen molar-refractivity contribution in [3.63, 3.8) is 0 Å². The van der Waals surface area contributed by atoms with Gasteiger partial charge < -0.3 is 89.9 Å². The number of rotatable bonds is 40. The average molecular weight is 1110 g/mol. The van der Waals surface area contributed by atoms with Crippen LogP contribution in [0.3, 0.4) is 0 Å². The second-order valence-electron chi connectivity index (χ2n) is 20.4. The molecule has 3 aliphatic heterocycles. The Labute approximate surface area is 463 Å². The Morgan fingerprint density at radius 2 is 0.885 bits per heavy atom. The minimum absolute atomic E-state index is 0.113. The normalized spacial score (nSPS) is 31.1. The van der Waals surface area contributed by atoms with Crippen LogP contribution in [0.15, 0.2) is 85.1 Å². The molecule has 0 bridgehead atoms. The predicted molar refractivity (Wildman–Crippen MR) is 295 cm³/mol. The second kappa shape index (κ2) is 41.9. The minimum atomic E-state index is -1.99. The fourth-order valence-corrected chi connectivity index (χ4v) is 9.21. The molecule has 0 aliphatic carbocycles. The molecule has 0 radical (unpaired) electrons. The number of carbonyl (C=O) groups excluding carboxylic acids is 1. The number of aliphatic hydroxyl groups is 11. The van der Waals surface area contributed by atoms with E-state index in [4.69, 9.17) is 28.4 Å². The summed E-state index contributed by atoms with van der Waals surface area (Å²) in [6.07, 6.45) is 22.9. The molecule has 19 heteroatoms. The molecule has 1 amide bonds. The summed E-state index contributed by atoms with van der Waals surface area (Å²) in [5, 5.41) is 120. The van der Waals surface area contributed by atoms with E-state index >= 15 is 0 Å². The molecule has 17 unspecified atom stereocenters. The highest BCUT2D eigenvalue weighted by Gasteiger charge is 2.53. The van der Waals surface area contributed by atoms with Crippen LogP contribution in [0.5, 0.6) is 0 Å². The quantitative estimate of drug-likeness (QED) is 0.0299. The van der Waals surface area contributed by atoms with E-state index in [-0.39, 0.29) is 12.3 Å². The molecule has 0 aromatic heterocycles. The van der Waals surface area contributed by atoms with Crippen LogP contribution in [0.25, 0.3) is 0 Å². The van der Waals surface area contributed by atoms with Gasteiger partial charge in [-0.2, -0.15) is 0 Å². The fraction of sp³-hybridized carbons (Fsp3) is 0.746. The number of aliphatic hydroxyl groups excluding tert-OH is 11. The molecule has 0 saturated carbocycles. The van der Waals surface area contributed by atoms with Gasteiger partial charge in [0.2, 0.25) is 5.91 Å². The van der Waals surface area contributed by atoms with Gasteiger partial charge in [0.25, 0.3) is 0 Å². The molecule has 3 aliphatic rings. The molecular formula is C59H99NO18. The average Bonchev–Trinajstić information content (AvgIpc) is 3.45. The zero-order chi connectivity index (χ0) is 56.9. The van der Waals surface area contributed by atoms with E-state index in [9.17, 15) is 61.0 Å². The van der Waals surface area contributed by atoms with Crippen molar-refractivity contribution in [1.29, 1.82) is 0 Å². The number of hydrogen-bond donors (Lipinski definition) is 12. The van der Waals surface area contributed by atoms with Crippen LogP contribution in [0, 0.1) is 0 Å². The van der Waals surface area contributed by atoms with E-state index in [0.717, 1.165) is 57.8 Å². The molecule has 3 fully saturated rings. The minimum Gasteiger partial charge on any atom is -0.394 e. The number of carbonyl (C=O) groups is 1. The Kier molecular flexibility index (Phi) is 37.2. The van der Waals surface area contributed by atoms with E-state index in [1.54, 1.807) is 6.08 Å². The Bertz CT molecular complexity index is 1750. The van der Waals surface area contributed by atoms with Gasteiger partial charge in [-0.25, -0.2) is 0 Å². The molecule has 448 valence electrons. The lowest BCUT2D eigenvalue weighted by molar-refractivity contribution is -0.379. The zero-order valence-electron chi connectivity index (χ0n) is 46.4. The van der Waals surface area contributed by atoms with E-state index in [2.05, 4.69) is 79.9 Å². The molecule has 3 rings (SSSR count). The van der Waals surface area contributed by atoms with Crippen molar-refractivity contribution in [2.75, 3.05) is 26.4 Å². The maximum Gasteiger partial charge on any atom is 0.220 e. The summed E-state index contributed by atoms with van der Waals surface area (Å²) in [4.78, 5) is 13.3. The van der Waals surface area contributed by atoms with Crippen LogP contribution in [0.2, 0.25) is 0 Å². The summed E-state index contributed by atoms with van der Waals surface area (Å²) in [7, 11) is 0. The van der Waals surface area contributed by atoms with Gasteiger partial charge in [-0.3, -0.25) is 4.79 Å². The summed E-state index contributed by atoms with van der Waals surface area (Å²) >= 11 is 0. The molecule has 3 heterocycles. The van der Waals surface area contributed by atoms with Gasteiger partial charge in [-0.15, -0.1) is 0 Å². The second-order valence-corrected chi connectivity index (χ2v) is 20.4. The third-order valence-electron chi connectivity index (χ3n) is 14.0. The highest BCUT2D eigenvalue weighted by molar-refractivity contribution is 5.76. The number of hydrogen-bond acceptors (Lipinski definition) is 18. The number of amides is 1. The van der Waals surface area contributed by atoms with Gasteiger partial charge in [0.15, 0.2) is 18.9 Å². The van der Waals surface area contributed by atoms with Crippen LogP contribution in [0.4, 0.5) is 0 Å². The Balaban J connectivity index is 1.55. The molecule has 78 heavy (non-hydrogen) atoms. The number of nitrogens with one attached hydrogen (secondary N) is 1. The largest absolute Gasteiger partial charge is 0.394 e. The standard InChI is InChI=1S/C59H99NO18/c1-3-5-7-9-11-13-15-17-19-20-21-22-23-25-27-29-31-33-35-37-47(65)60-42(43(64)36-34-32-30-28-26-24-18-16-14-12-10-8-6-4-2)41-73-57-53(71)50(68)55(45(39-62)75-57)78-59-54(72)51(69)56(46(40-63)76-59)77-58-52(70)49(67)48(66)44(38-61)74-58/h5,7,11,13,17,19,21-22,25,27,31,33-34,36,42-46,48-59,61-64,66-72H,3-4,6,8-10,12,14-16,18,20,23-24,26,28-30,32,35,37-41H2,1-2H3,(H,60,65)/b7-5-,13-11-,19-17-,22-21-,27-25-,33-31-,36-34+. The van der Waals surface area contributed by atoms with Gasteiger partial charge in [-0.05, 0) is 57.8 Å². The maximum atomic E-state index is 13.3. The highest BCUT2D eigenvalue weighted by atomic mass is 16.8. The molecule has 0 spiro atoms. The van der Waals surface area contributed by atoms with Crippen molar-refractivity contribution in [3.05, 3.63) is 85.1 Å². The van der Waals surface area contributed by atoms with Crippen LogP contribution < -0.4 is 5.32 Å². The first kappa shape index (κ1) is 69.2. The monoisotopic (exact) mass is 1110 g/mol. The highest BCUT2D eigenvalue weighted by Crippen LogP contribution is 2.33. The Hall–Kier alpha value is -3.03. The zero-order valence-corrected chi connectivity index (χ0v) is 46.4. The van der Waals surface area contributed by atoms with Crippen LogP contribution in [-0.4, -0.2) is 193 Å². The topological polar surface area (TPSA) is 307 Å². The summed E-state index contributed by atoms with van der Waals surface area (Å²) < 4.78 is 34.1. The summed E-state index contributed by atoms with van der Waals surface area (Å²) in [5.41, 5.74) is 0. The van der Waals surface area contributed by atoms with Gasteiger partial charge in [0.1, 0.15) is 73.2 Å².